The van der Waals surface area contributed by atoms with Crippen LogP contribution in [0, 0.1) is 11.8 Å². The van der Waals surface area contributed by atoms with Gasteiger partial charge in [-0.05, 0) is 38.3 Å². The maximum Gasteiger partial charge on any atom is 0.0570 e. The van der Waals surface area contributed by atoms with Crippen molar-refractivity contribution in [2.45, 2.75) is 47.1 Å². The number of ether oxygens (including phenoxy) is 1. The van der Waals surface area contributed by atoms with Gasteiger partial charge in [-0.3, -0.25) is 0 Å². The summed E-state index contributed by atoms with van der Waals surface area (Å²) in [5, 5.41) is 3.41. The molecule has 0 aliphatic rings. The summed E-state index contributed by atoms with van der Waals surface area (Å²) >= 11 is 0. The Morgan fingerprint density at radius 3 is 2.29 bits per heavy atom. The molecular formula is C12H27NO. The highest BCUT2D eigenvalue weighted by atomic mass is 16.5. The van der Waals surface area contributed by atoms with Crippen molar-refractivity contribution in [3.05, 3.63) is 0 Å². The Kier molecular flexibility index (Phi) is 8.20. The monoisotopic (exact) mass is 201 g/mol. The van der Waals surface area contributed by atoms with E-state index in [1.54, 1.807) is 0 Å². The van der Waals surface area contributed by atoms with Crippen molar-refractivity contribution in [1.82, 2.24) is 5.32 Å². The minimum absolute atomic E-state index is 0.378. The fraction of sp³-hybridized carbons (Fsp3) is 1.00. The molecule has 86 valence electrons. The Morgan fingerprint density at radius 1 is 1.14 bits per heavy atom. The van der Waals surface area contributed by atoms with Crippen LogP contribution in [-0.4, -0.2) is 25.8 Å². The molecule has 0 spiro atoms. The SMILES string of the molecule is CCCNCC(C)COC(C)C(C)C. The van der Waals surface area contributed by atoms with E-state index in [2.05, 4.69) is 39.9 Å². The van der Waals surface area contributed by atoms with Crippen molar-refractivity contribution >= 4 is 0 Å². The van der Waals surface area contributed by atoms with Crippen LogP contribution in [0.3, 0.4) is 0 Å². The molecule has 0 fully saturated rings. The predicted octanol–water partition coefficient (Wildman–Crippen LogP) is 2.68. The normalized spacial score (nSPS) is 15.9. The van der Waals surface area contributed by atoms with E-state index in [1.165, 1.54) is 6.42 Å². The van der Waals surface area contributed by atoms with E-state index in [0.29, 0.717) is 17.9 Å². The van der Waals surface area contributed by atoms with Gasteiger partial charge in [-0.25, -0.2) is 0 Å². The molecule has 14 heavy (non-hydrogen) atoms. The van der Waals surface area contributed by atoms with Gasteiger partial charge in [-0.2, -0.15) is 0 Å². The lowest BCUT2D eigenvalue weighted by Gasteiger charge is -2.19. The van der Waals surface area contributed by atoms with Crippen LogP contribution >= 0.6 is 0 Å². The highest BCUT2D eigenvalue weighted by molar-refractivity contribution is 4.59. The number of hydrogen-bond donors (Lipinski definition) is 1. The smallest absolute Gasteiger partial charge is 0.0570 e. The summed E-state index contributed by atoms with van der Waals surface area (Å²) in [6.45, 7) is 14.0. The molecule has 0 rings (SSSR count). The van der Waals surface area contributed by atoms with Crippen molar-refractivity contribution in [2.75, 3.05) is 19.7 Å². The van der Waals surface area contributed by atoms with Crippen molar-refractivity contribution < 1.29 is 4.74 Å². The summed E-state index contributed by atoms with van der Waals surface area (Å²) in [5.74, 6) is 1.23. The first-order valence-electron chi connectivity index (χ1n) is 5.90. The zero-order valence-corrected chi connectivity index (χ0v) is 10.5. The van der Waals surface area contributed by atoms with E-state index in [9.17, 15) is 0 Å². The third-order valence-corrected chi connectivity index (χ3v) is 2.50. The van der Waals surface area contributed by atoms with E-state index < -0.39 is 0 Å². The van der Waals surface area contributed by atoms with Crippen molar-refractivity contribution in [2.24, 2.45) is 11.8 Å². The van der Waals surface area contributed by atoms with E-state index in [1.807, 2.05) is 0 Å². The number of rotatable bonds is 8. The van der Waals surface area contributed by atoms with Gasteiger partial charge in [-0.15, -0.1) is 0 Å². The second-order valence-electron chi connectivity index (χ2n) is 4.59. The Bertz CT molecular complexity index is 125. The van der Waals surface area contributed by atoms with E-state index >= 15 is 0 Å². The summed E-state index contributed by atoms with van der Waals surface area (Å²) in [6.07, 6.45) is 1.58. The molecule has 0 bridgehead atoms. The van der Waals surface area contributed by atoms with Crippen LogP contribution in [-0.2, 0) is 4.74 Å². The Labute approximate surface area is 89.4 Å². The molecule has 0 aromatic rings. The van der Waals surface area contributed by atoms with Crippen molar-refractivity contribution in [3.63, 3.8) is 0 Å². The molecular weight excluding hydrogens is 174 g/mol. The second-order valence-corrected chi connectivity index (χ2v) is 4.59. The lowest BCUT2D eigenvalue weighted by atomic mass is 10.1. The molecule has 0 amide bonds. The Morgan fingerprint density at radius 2 is 1.79 bits per heavy atom. The quantitative estimate of drug-likeness (QED) is 0.610. The molecule has 0 aromatic carbocycles. The van der Waals surface area contributed by atoms with Gasteiger partial charge in [0.25, 0.3) is 0 Å². The van der Waals surface area contributed by atoms with Crippen LogP contribution in [0.5, 0.6) is 0 Å². The van der Waals surface area contributed by atoms with Gasteiger partial charge in [0.15, 0.2) is 0 Å². The molecule has 0 heterocycles. The highest BCUT2D eigenvalue weighted by Gasteiger charge is 2.09. The fourth-order valence-electron chi connectivity index (χ4n) is 1.09. The summed E-state index contributed by atoms with van der Waals surface area (Å²) in [7, 11) is 0. The maximum absolute atomic E-state index is 5.76. The van der Waals surface area contributed by atoms with Crippen LogP contribution in [0.25, 0.3) is 0 Å². The van der Waals surface area contributed by atoms with E-state index in [0.717, 1.165) is 19.7 Å². The number of hydrogen-bond acceptors (Lipinski definition) is 2. The Hall–Kier alpha value is -0.0800. The fourth-order valence-corrected chi connectivity index (χ4v) is 1.09. The minimum atomic E-state index is 0.378. The van der Waals surface area contributed by atoms with Gasteiger partial charge >= 0.3 is 0 Å². The molecule has 2 unspecified atom stereocenters. The molecule has 2 nitrogen and oxygen atoms in total. The molecule has 0 aliphatic heterocycles. The summed E-state index contributed by atoms with van der Waals surface area (Å²) < 4.78 is 5.76. The minimum Gasteiger partial charge on any atom is -0.378 e. The topological polar surface area (TPSA) is 21.3 Å². The van der Waals surface area contributed by atoms with Gasteiger partial charge in [0.2, 0.25) is 0 Å². The molecule has 2 heteroatoms. The van der Waals surface area contributed by atoms with Crippen LogP contribution in [0.1, 0.15) is 41.0 Å². The van der Waals surface area contributed by atoms with E-state index in [4.69, 9.17) is 4.74 Å². The number of nitrogens with one attached hydrogen (secondary N) is 1. The summed E-state index contributed by atoms with van der Waals surface area (Å²) in [4.78, 5) is 0. The van der Waals surface area contributed by atoms with Gasteiger partial charge in [0, 0.05) is 0 Å². The van der Waals surface area contributed by atoms with Gasteiger partial charge in [0.1, 0.15) is 0 Å². The standard InChI is InChI=1S/C12H27NO/c1-6-7-13-8-11(4)9-14-12(5)10(2)3/h10-13H,6-9H2,1-5H3. The lowest BCUT2D eigenvalue weighted by Crippen LogP contribution is -2.27. The lowest BCUT2D eigenvalue weighted by molar-refractivity contribution is 0.0170. The first-order valence-corrected chi connectivity index (χ1v) is 5.90. The second kappa shape index (κ2) is 8.25. The molecule has 0 saturated carbocycles. The van der Waals surface area contributed by atoms with Crippen molar-refractivity contribution in [1.29, 1.82) is 0 Å². The maximum atomic E-state index is 5.76. The average molecular weight is 201 g/mol. The summed E-state index contributed by atoms with van der Waals surface area (Å²) in [6, 6.07) is 0. The molecule has 0 saturated heterocycles. The Balaban J connectivity index is 3.38. The third kappa shape index (κ3) is 7.34. The zero-order valence-electron chi connectivity index (χ0n) is 10.5. The molecule has 0 aromatic heterocycles. The zero-order chi connectivity index (χ0) is 11.0. The van der Waals surface area contributed by atoms with Gasteiger partial charge in [0.05, 0.1) is 12.7 Å². The molecule has 2 atom stereocenters. The first kappa shape index (κ1) is 13.9. The van der Waals surface area contributed by atoms with E-state index in [-0.39, 0.29) is 0 Å². The molecule has 0 aliphatic carbocycles. The average Bonchev–Trinajstić information content (AvgIpc) is 2.14. The molecule has 1 N–H and O–H groups in total. The third-order valence-electron chi connectivity index (χ3n) is 2.50. The highest BCUT2D eigenvalue weighted by Crippen LogP contribution is 2.07. The molecule has 0 radical (unpaired) electrons. The predicted molar refractivity (Wildman–Crippen MR) is 62.6 cm³/mol. The largest absolute Gasteiger partial charge is 0.378 e. The van der Waals surface area contributed by atoms with Gasteiger partial charge in [-0.1, -0.05) is 27.7 Å². The van der Waals surface area contributed by atoms with Crippen molar-refractivity contribution in [3.8, 4) is 0 Å². The van der Waals surface area contributed by atoms with Crippen LogP contribution < -0.4 is 5.32 Å². The first-order chi connectivity index (χ1) is 6.57. The van der Waals surface area contributed by atoms with Crippen LogP contribution in [0.2, 0.25) is 0 Å². The van der Waals surface area contributed by atoms with Gasteiger partial charge < -0.3 is 10.1 Å². The summed E-state index contributed by atoms with van der Waals surface area (Å²) in [5.41, 5.74) is 0. The van der Waals surface area contributed by atoms with Crippen LogP contribution in [0.15, 0.2) is 0 Å². The van der Waals surface area contributed by atoms with Crippen LogP contribution in [0.4, 0.5) is 0 Å².